The molecule has 0 spiro atoms. The highest BCUT2D eigenvalue weighted by atomic mass is 16.4. The van der Waals surface area contributed by atoms with Crippen LogP contribution >= 0.6 is 0 Å². The molecule has 2 atom stereocenters. The molecule has 0 radical (unpaired) electrons. The van der Waals surface area contributed by atoms with Crippen molar-refractivity contribution in [2.24, 2.45) is 11.0 Å². The molecule has 0 saturated carbocycles. The zero-order valence-corrected chi connectivity index (χ0v) is 13.5. The van der Waals surface area contributed by atoms with Crippen molar-refractivity contribution in [3.8, 4) is 0 Å². The maximum absolute atomic E-state index is 11.2. The fourth-order valence-electron chi connectivity index (χ4n) is 2.53. The smallest absolute Gasteiger partial charge is 0.180 e. The number of carbonyl (C=O) groups is 1. The molecule has 1 aliphatic rings. The van der Waals surface area contributed by atoms with Gasteiger partial charge in [0.25, 0.3) is 0 Å². The van der Waals surface area contributed by atoms with E-state index in [2.05, 4.69) is 10.5 Å². The number of carboxylic acids is 1. The Bertz CT molecular complexity index is 552. The van der Waals surface area contributed by atoms with Crippen LogP contribution in [0.3, 0.4) is 0 Å². The third-order valence-corrected chi connectivity index (χ3v) is 3.93. The van der Waals surface area contributed by atoms with Gasteiger partial charge in [-0.2, -0.15) is 5.10 Å². The van der Waals surface area contributed by atoms with Crippen LogP contribution in [-0.4, -0.2) is 38.0 Å². The van der Waals surface area contributed by atoms with Gasteiger partial charge in [0.15, 0.2) is 6.17 Å². The zero-order valence-electron chi connectivity index (χ0n) is 13.5. The summed E-state index contributed by atoms with van der Waals surface area (Å²) in [4.78, 5) is 13.2. The normalized spacial score (nSPS) is 18.8. The first-order valence-electron chi connectivity index (χ1n) is 7.54. The number of nitrogens with one attached hydrogen (secondary N) is 1. The summed E-state index contributed by atoms with van der Waals surface area (Å²) < 4.78 is 0. The van der Waals surface area contributed by atoms with Crippen molar-refractivity contribution < 1.29 is 15.2 Å². The second-order valence-corrected chi connectivity index (χ2v) is 6.22. The topological polar surface area (TPSA) is 84.4 Å². The van der Waals surface area contributed by atoms with E-state index in [4.69, 9.17) is 0 Å². The summed E-state index contributed by atoms with van der Waals surface area (Å²) >= 11 is 0. The van der Waals surface area contributed by atoms with Crippen molar-refractivity contribution in [1.29, 1.82) is 0 Å². The lowest BCUT2D eigenvalue weighted by Gasteiger charge is -2.23. The van der Waals surface area contributed by atoms with Crippen LogP contribution in [0.25, 0.3) is 0 Å². The molecule has 22 heavy (non-hydrogen) atoms. The summed E-state index contributed by atoms with van der Waals surface area (Å²) in [5.74, 6) is -1.02. The maximum atomic E-state index is 11.2. The monoisotopic (exact) mass is 304 g/mol. The van der Waals surface area contributed by atoms with Crippen LogP contribution in [0.5, 0.6) is 0 Å². The highest BCUT2D eigenvalue weighted by molar-refractivity contribution is 6.01. The molecule has 0 saturated heterocycles. The first-order chi connectivity index (χ1) is 10.4. The molecule has 0 bridgehead atoms. The minimum absolute atomic E-state index is 0.00947. The highest BCUT2D eigenvalue weighted by Crippen LogP contribution is 2.15. The Kier molecular flexibility index (Phi) is 5.03. The molecule has 0 amide bonds. The molecule has 6 heteroatoms. The Labute approximate surface area is 131 Å². The molecule has 1 aromatic rings. The van der Waals surface area contributed by atoms with Crippen LogP contribution in [-0.2, 0) is 4.79 Å². The Hall–Kier alpha value is -2.08. The SMILES string of the molecule is CC(C)[C@@H]([NH2+][C@@H]1CC(c2ccc(N(C)C)cc2)=NN1)C(=O)[O-]. The number of rotatable bonds is 6. The lowest BCUT2D eigenvalue weighted by molar-refractivity contribution is -0.723. The van der Waals surface area contributed by atoms with E-state index in [-0.39, 0.29) is 12.1 Å². The van der Waals surface area contributed by atoms with Crippen LogP contribution in [0.2, 0.25) is 0 Å². The Balaban J connectivity index is 1.98. The fraction of sp³-hybridized carbons (Fsp3) is 0.500. The second kappa shape index (κ2) is 6.79. The number of hydrazone groups is 1. The first-order valence-corrected chi connectivity index (χ1v) is 7.54. The number of hydrogen-bond acceptors (Lipinski definition) is 5. The zero-order chi connectivity index (χ0) is 16.3. The predicted octanol–water partition coefficient (Wildman–Crippen LogP) is -0.886. The quantitative estimate of drug-likeness (QED) is 0.714. The summed E-state index contributed by atoms with van der Waals surface area (Å²) in [7, 11) is 4.00. The standard InChI is InChI=1S/C16H24N4O2/c1-10(2)15(16(21)22)17-14-9-13(18-19-14)11-5-7-12(8-6-11)20(3)4/h5-8,10,14-15,17,19H,9H2,1-4H3,(H,21,22)/t14-,15+/m0/s1. The van der Waals surface area contributed by atoms with Crippen molar-refractivity contribution in [3.05, 3.63) is 29.8 Å². The number of nitrogens with two attached hydrogens (primary N) is 1. The number of carbonyl (C=O) groups excluding carboxylic acids is 1. The van der Waals surface area contributed by atoms with Gasteiger partial charge in [0, 0.05) is 25.7 Å². The Morgan fingerprint density at radius 3 is 2.50 bits per heavy atom. The van der Waals surface area contributed by atoms with E-state index in [1.54, 1.807) is 5.32 Å². The van der Waals surface area contributed by atoms with E-state index in [1.807, 2.05) is 57.1 Å². The van der Waals surface area contributed by atoms with Gasteiger partial charge in [-0.05, 0) is 17.7 Å². The second-order valence-electron chi connectivity index (χ2n) is 6.22. The van der Waals surface area contributed by atoms with Crippen LogP contribution in [0.1, 0.15) is 25.8 Å². The summed E-state index contributed by atoms with van der Waals surface area (Å²) in [5, 5.41) is 17.3. The van der Waals surface area contributed by atoms with Gasteiger partial charge in [-0.3, -0.25) is 5.43 Å². The number of hydrogen-bond donors (Lipinski definition) is 2. The van der Waals surface area contributed by atoms with E-state index in [0.717, 1.165) is 17.0 Å². The van der Waals surface area contributed by atoms with Crippen LogP contribution in [0.4, 0.5) is 5.69 Å². The molecule has 6 nitrogen and oxygen atoms in total. The maximum Gasteiger partial charge on any atom is 0.180 e. The van der Waals surface area contributed by atoms with Crippen molar-refractivity contribution in [3.63, 3.8) is 0 Å². The van der Waals surface area contributed by atoms with Gasteiger partial charge >= 0.3 is 0 Å². The Morgan fingerprint density at radius 2 is 2.00 bits per heavy atom. The van der Waals surface area contributed by atoms with Gasteiger partial charge in [0.05, 0.1) is 18.1 Å². The number of benzene rings is 1. The van der Waals surface area contributed by atoms with Crippen LogP contribution < -0.4 is 20.7 Å². The lowest BCUT2D eigenvalue weighted by Crippen LogP contribution is -3.00. The van der Waals surface area contributed by atoms with Gasteiger partial charge in [0.2, 0.25) is 0 Å². The molecule has 1 aliphatic heterocycles. The number of nitrogens with zero attached hydrogens (tertiary/aromatic N) is 2. The van der Waals surface area contributed by atoms with Gasteiger partial charge in [-0.1, -0.05) is 26.0 Å². The number of aliphatic carboxylic acids is 1. The van der Waals surface area contributed by atoms with Gasteiger partial charge in [0.1, 0.15) is 6.04 Å². The van der Waals surface area contributed by atoms with Crippen molar-refractivity contribution in [2.75, 3.05) is 19.0 Å². The average Bonchev–Trinajstić information content (AvgIpc) is 2.92. The number of carboxylic acid groups (broad SMARTS) is 1. The van der Waals surface area contributed by atoms with E-state index < -0.39 is 12.0 Å². The third-order valence-electron chi connectivity index (χ3n) is 3.93. The van der Waals surface area contributed by atoms with E-state index in [9.17, 15) is 9.90 Å². The molecule has 2 rings (SSSR count). The van der Waals surface area contributed by atoms with Gasteiger partial charge in [-0.25, -0.2) is 0 Å². The first kappa shape index (κ1) is 16.3. The number of anilines is 1. The molecular weight excluding hydrogens is 280 g/mol. The summed E-state index contributed by atoms with van der Waals surface area (Å²) in [5.41, 5.74) is 6.16. The van der Waals surface area contributed by atoms with E-state index in [0.29, 0.717) is 6.42 Å². The molecule has 0 unspecified atom stereocenters. The summed E-state index contributed by atoms with van der Waals surface area (Å²) in [6.07, 6.45) is 0.631. The molecule has 0 fully saturated rings. The van der Waals surface area contributed by atoms with Crippen molar-refractivity contribution in [1.82, 2.24) is 5.43 Å². The average molecular weight is 304 g/mol. The third kappa shape index (κ3) is 3.76. The van der Waals surface area contributed by atoms with E-state index in [1.165, 1.54) is 0 Å². The molecule has 0 aliphatic carbocycles. The molecule has 1 heterocycles. The molecular formula is C16H24N4O2. The molecule has 1 aromatic carbocycles. The minimum atomic E-state index is -1.03. The largest absolute Gasteiger partial charge is 0.544 e. The minimum Gasteiger partial charge on any atom is -0.544 e. The van der Waals surface area contributed by atoms with E-state index >= 15 is 0 Å². The number of quaternary nitrogens is 1. The molecule has 3 N–H and O–H groups in total. The fourth-order valence-corrected chi connectivity index (χ4v) is 2.53. The summed E-state index contributed by atoms with van der Waals surface area (Å²) in [6.45, 7) is 3.77. The summed E-state index contributed by atoms with van der Waals surface area (Å²) in [6, 6.07) is 7.61. The van der Waals surface area contributed by atoms with Crippen LogP contribution in [0.15, 0.2) is 29.4 Å². The van der Waals surface area contributed by atoms with Crippen molar-refractivity contribution >= 4 is 17.4 Å². The van der Waals surface area contributed by atoms with Crippen molar-refractivity contribution in [2.45, 2.75) is 32.5 Å². The molecule has 0 aromatic heterocycles. The van der Waals surface area contributed by atoms with Gasteiger partial charge in [-0.15, -0.1) is 0 Å². The van der Waals surface area contributed by atoms with Gasteiger partial charge < -0.3 is 20.1 Å². The predicted molar refractivity (Wildman–Crippen MR) is 84.4 cm³/mol. The lowest BCUT2D eigenvalue weighted by atomic mass is 10.0. The molecule has 120 valence electrons. The van der Waals surface area contributed by atoms with Crippen LogP contribution in [0, 0.1) is 5.92 Å². The highest BCUT2D eigenvalue weighted by Gasteiger charge is 2.28. The Morgan fingerprint density at radius 1 is 1.36 bits per heavy atom.